The molecule has 7 heteroatoms. The average Bonchev–Trinajstić information content (AvgIpc) is 2.81. The molecule has 6 nitrogen and oxygen atoms in total. The number of carbonyl (C=O) groups excluding carboxylic acids is 2. The van der Waals surface area contributed by atoms with Crippen molar-refractivity contribution in [2.24, 2.45) is 0 Å². The first-order chi connectivity index (χ1) is 15.5. The summed E-state index contributed by atoms with van der Waals surface area (Å²) in [6, 6.07) is 12.8. The Morgan fingerprint density at radius 3 is 2.41 bits per heavy atom. The Morgan fingerprint density at radius 1 is 1.06 bits per heavy atom. The van der Waals surface area contributed by atoms with E-state index in [1.54, 1.807) is 56.5 Å². The Balaban J connectivity index is 1.97. The summed E-state index contributed by atoms with van der Waals surface area (Å²) in [6.07, 6.45) is 2.49. The fraction of sp³-hybridized carbons (Fsp3) is 0.440. The Hall–Kier alpha value is -3.09. The summed E-state index contributed by atoms with van der Waals surface area (Å²) in [4.78, 5) is 27.0. The van der Waals surface area contributed by atoms with Crippen LogP contribution < -0.4 is 14.8 Å². The molecule has 2 aromatic rings. The molecule has 2 amide bonds. The van der Waals surface area contributed by atoms with Crippen molar-refractivity contribution < 1.29 is 23.5 Å². The van der Waals surface area contributed by atoms with E-state index in [2.05, 4.69) is 5.32 Å². The van der Waals surface area contributed by atoms with Crippen molar-refractivity contribution in [2.45, 2.75) is 52.1 Å². The summed E-state index contributed by atoms with van der Waals surface area (Å²) in [5.41, 5.74) is 0.378. The van der Waals surface area contributed by atoms with Crippen LogP contribution in [0.4, 0.5) is 4.39 Å². The molecule has 2 aromatic carbocycles. The molecule has 0 bridgehead atoms. The van der Waals surface area contributed by atoms with Gasteiger partial charge in [-0.3, -0.25) is 9.59 Å². The number of unbranched alkanes of at least 4 members (excludes halogenated alkanes) is 1. The van der Waals surface area contributed by atoms with Gasteiger partial charge in [-0.25, -0.2) is 4.39 Å². The van der Waals surface area contributed by atoms with Crippen molar-refractivity contribution >= 4 is 11.8 Å². The number of rotatable bonds is 13. The lowest BCUT2D eigenvalue weighted by atomic mass is 10.1. The maximum absolute atomic E-state index is 14.2. The number of hydrogen-bond acceptors (Lipinski definition) is 4. The zero-order valence-corrected chi connectivity index (χ0v) is 19.1. The topological polar surface area (TPSA) is 67.9 Å². The number of nitrogens with one attached hydrogen (secondary N) is 1. The van der Waals surface area contributed by atoms with E-state index in [1.165, 1.54) is 11.0 Å². The van der Waals surface area contributed by atoms with Crippen molar-refractivity contribution in [3.05, 3.63) is 59.9 Å². The largest absolute Gasteiger partial charge is 0.497 e. The molecule has 174 valence electrons. The summed E-state index contributed by atoms with van der Waals surface area (Å²) < 4.78 is 25.0. The fourth-order valence-electron chi connectivity index (χ4n) is 3.16. The molecule has 0 radical (unpaired) electrons. The zero-order valence-electron chi connectivity index (χ0n) is 19.1. The van der Waals surface area contributed by atoms with Gasteiger partial charge in [0.25, 0.3) is 0 Å². The summed E-state index contributed by atoms with van der Waals surface area (Å²) in [5, 5.41) is 2.86. The Kier molecular flexibility index (Phi) is 10.5. The van der Waals surface area contributed by atoms with Gasteiger partial charge in [0, 0.05) is 25.1 Å². The molecule has 2 rings (SSSR count). The van der Waals surface area contributed by atoms with Crippen LogP contribution >= 0.6 is 0 Å². The van der Waals surface area contributed by atoms with Crippen LogP contribution in [0.15, 0.2) is 48.5 Å². The minimum absolute atomic E-state index is 0.0349. The van der Waals surface area contributed by atoms with Gasteiger partial charge in [-0.2, -0.15) is 0 Å². The van der Waals surface area contributed by atoms with Gasteiger partial charge >= 0.3 is 0 Å². The van der Waals surface area contributed by atoms with E-state index in [4.69, 9.17) is 9.47 Å². The fourth-order valence-corrected chi connectivity index (χ4v) is 3.16. The molecule has 0 fully saturated rings. The van der Waals surface area contributed by atoms with E-state index in [0.29, 0.717) is 30.9 Å². The van der Waals surface area contributed by atoms with Crippen molar-refractivity contribution in [3.63, 3.8) is 0 Å². The first-order valence-electron chi connectivity index (χ1n) is 11.0. The molecule has 0 saturated carbocycles. The van der Waals surface area contributed by atoms with Gasteiger partial charge < -0.3 is 19.7 Å². The second kappa shape index (κ2) is 13.3. The standard InChI is InChI=1S/C25H33FN2O4/c1-4-5-16-27-25(30)19(2)28(18-20-9-6-7-10-23(20)26)24(29)11-8-17-32-22-14-12-21(31-3)13-15-22/h6-7,9-10,12-15,19H,4-5,8,11,16-18H2,1-3H3,(H,27,30)/t19-/m0/s1. The van der Waals surface area contributed by atoms with Crippen LogP contribution in [-0.2, 0) is 16.1 Å². The monoisotopic (exact) mass is 444 g/mol. The van der Waals surface area contributed by atoms with Crippen LogP contribution in [0.1, 0.15) is 45.1 Å². The predicted octanol–water partition coefficient (Wildman–Crippen LogP) is 4.33. The predicted molar refractivity (Wildman–Crippen MR) is 122 cm³/mol. The summed E-state index contributed by atoms with van der Waals surface area (Å²) in [6.45, 7) is 4.65. The molecular weight excluding hydrogens is 411 g/mol. The number of carbonyl (C=O) groups is 2. The molecule has 0 aliphatic carbocycles. The van der Waals surface area contributed by atoms with Crippen LogP contribution in [0.5, 0.6) is 11.5 Å². The molecule has 0 heterocycles. The third-order valence-electron chi connectivity index (χ3n) is 5.16. The van der Waals surface area contributed by atoms with E-state index in [9.17, 15) is 14.0 Å². The maximum atomic E-state index is 14.2. The van der Waals surface area contributed by atoms with Crippen LogP contribution in [-0.4, -0.2) is 43.0 Å². The van der Waals surface area contributed by atoms with Crippen LogP contribution in [0.2, 0.25) is 0 Å². The van der Waals surface area contributed by atoms with Gasteiger partial charge in [-0.1, -0.05) is 31.5 Å². The molecule has 1 N–H and O–H groups in total. The van der Waals surface area contributed by atoms with Crippen molar-refractivity contribution in [1.29, 1.82) is 0 Å². The van der Waals surface area contributed by atoms with E-state index >= 15 is 0 Å². The van der Waals surface area contributed by atoms with Gasteiger partial charge in [0.05, 0.1) is 13.7 Å². The van der Waals surface area contributed by atoms with Crippen LogP contribution in [0.3, 0.4) is 0 Å². The lowest BCUT2D eigenvalue weighted by Crippen LogP contribution is -2.47. The highest BCUT2D eigenvalue weighted by Crippen LogP contribution is 2.18. The first-order valence-corrected chi connectivity index (χ1v) is 11.0. The van der Waals surface area contributed by atoms with Crippen molar-refractivity contribution in [2.75, 3.05) is 20.3 Å². The van der Waals surface area contributed by atoms with Gasteiger partial charge in [-0.05, 0) is 50.1 Å². The van der Waals surface area contributed by atoms with E-state index < -0.39 is 11.9 Å². The SMILES string of the molecule is CCCCNC(=O)[C@H](C)N(Cc1ccccc1F)C(=O)CCCOc1ccc(OC)cc1. The Labute approximate surface area is 189 Å². The van der Waals surface area contributed by atoms with E-state index in [0.717, 1.165) is 18.6 Å². The summed E-state index contributed by atoms with van der Waals surface area (Å²) in [7, 11) is 1.60. The third-order valence-corrected chi connectivity index (χ3v) is 5.16. The van der Waals surface area contributed by atoms with Crippen LogP contribution in [0, 0.1) is 5.82 Å². The normalized spacial score (nSPS) is 11.5. The number of halogens is 1. The van der Waals surface area contributed by atoms with E-state index in [1.807, 2.05) is 6.92 Å². The quantitative estimate of drug-likeness (QED) is 0.467. The lowest BCUT2D eigenvalue weighted by Gasteiger charge is -2.29. The molecule has 0 aliphatic heterocycles. The van der Waals surface area contributed by atoms with Gasteiger partial charge in [0.2, 0.25) is 11.8 Å². The molecule has 0 unspecified atom stereocenters. The summed E-state index contributed by atoms with van der Waals surface area (Å²) >= 11 is 0. The Morgan fingerprint density at radius 2 is 1.75 bits per heavy atom. The zero-order chi connectivity index (χ0) is 23.3. The summed E-state index contributed by atoms with van der Waals surface area (Å²) in [5.74, 6) is 0.571. The first kappa shape index (κ1) is 25.2. The number of nitrogens with zero attached hydrogens (tertiary/aromatic N) is 1. The number of ether oxygens (including phenoxy) is 2. The minimum Gasteiger partial charge on any atom is -0.497 e. The highest BCUT2D eigenvalue weighted by molar-refractivity contribution is 5.87. The van der Waals surface area contributed by atoms with E-state index in [-0.39, 0.29) is 24.8 Å². The lowest BCUT2D eigenvalue weighted by molar-refractivity contribution is -0.140. The number of hydrogen-bond donors (Lipinski definition) is 1. The maximum Gasteiger partial charge on any atom is 0.242 e. The Bertz CT molecular complexity index is 857. The number of methoxy groups -OCH3 is 1. The molecular formula is C25H33FN2O4. The average molecular weight is 445 g/mol. The second-order valence-corrected chi connectivity index (χ2v) is 7.56. The molecule has 0 spiro atoms. The molecule has 0 saturated heterocycles. The molecule has 0 aliphatic rings. The second-order valence-electron chi connectivity index (χ2n) is 7.56. The smallest absolute Gasteiger partial charge is 0.242 e. The molecule has 32 heavy (non-hydrogen) atoms. The van der Waals surface area contributed by atoms with Gasteiger partial charge in [0.1, 0.15) is 23.4 Å². The molecule has 0 aromatic heterocycles. The number of benzene rings is 2. The van der Waals surface area contributed by atoms with Gasteiger partial charge in [0.15, 0.2) is 0 Å². The van der Waals surface area contributed by atoms with Crippen molar-refractivity contribution in [3.8, 4) is 11.5 Å². The third kappa shape index (κ3) is 7.87. The molecule has 1 atom stereocenters. The van der Waals surface area contributed by atoms with Crippen LogP contribution in [0.25, 0.3) is 0 Å². The number of amides is 2. The highest BCUT2D eigenvalue weighted by atomic mass is 19.1. The highest BCUT2D eigenvalue weighted by Gasteiger charge is 2.26. The van der Waals surface area contributed by atoms with Crippen molar-refractivity contribution in [1.82, 2.24) is 10.2 Å². The van der Waals surface area contributed by atoms with Gasteiger partial charge in [-0.15, -0.1) is 0 Å². The minimum atomic E-state index is -0.707.